The van der Waals surface area contributed by atoms with E-state index in [1.165, 1.54) is 5.56 Å². The predicted molar refractivity (Wildman–Crippen MR) is 91.1 cm³/mol. The van der Waals surface area contributed by atoms with Crippen molar-refractivity contribution in [2.75, 3.05) is 4.90 Å². The minimum absolute atomic E-state index is 0.276. The highest BCUT2D eigenvalue weighted by Gasteiger charge is 2.32. The molecule has 0 amide bonds. The van der Waals surface area contributed by atoms with Crippen LogP contribution in [-0.2, 0) is 0 Å². The van der Waals surface area contributed by atoms with E-state index in [4.69, 9.17) is 22.8 Å². The molecule has 108 valence electrons. The number of thiocarbonyl (C=S) groups is 1. The molecule has 6 heteroatoms. The summed E-state index contributed by atoms with van der Waals surface area (Å²) < 4.78 is 6.72. The standard InChI is InChI=1S/C15H14BrN3OS/c1-9-2-5-11(6-3-9)19-14(18-17)12-8-10(16)4-7-13(12)20-15(19)21/h2-8,14,18H,17H2,1H3. The van der Waals surface area contributed by atoms with Gasteiger partial charge < -0.3 is 4.74 Å². The van der Waals surface area contributed by atoms with Crippen LogP contribution in [0.4, 0.5) is 5.69 Å². The van der Waals surface area contributed by atoms with Crippen LogP contribution in [0.25, 0.3) is 0 Å². The summed E-state index contributed by atoms with van der Waals surface area (Å²) in [4.78, 5) is 1.86. The van der Waals surface area contributed by atoms with Gasteiger partial charge in [-0.3, -0.25) is 10.7 Å². The van der Waals surface area contributed by atoms with Crippen molar-refractivity contribution in [2.45, 2.75) is 13.1 Å². The molecule has 0 radical (unpaired) electrons. The van der Waals surface area contributed by atoms with Crippen LogP contribution in [0.5, 0.6) is 5.75 Å². The number of anilines is 1. The number of aryl methyl sites for hydroxylation is 1. The van der Waals surface area contributed by atoms with Gasteiger partial charge in [0.25, 0.3) is 5.17 Å². The van der Waals surface area contributed by atoms with Crippen molar-refractivity contribution in [3.63, 3.8) is 0 Å². The van der Waals surface area contributed by atoms with E-state index in [1.54, 1.807) is 0 Å². The summed E-state index contributed by atoms with van der Waals surface area (Å²) in [5.74, 6) is 6.48. The highest BCUT2D eigenvalue weighted by atomic mass is 79.9. The Morgan fingerprint density at radius 3 is 2.62 bits per heavy atom. The normalized spacial score (nSPS) is 17.4. The maximum Gasteiger partial charge on any atom is 0.271 e. The third-order valence-corrected chi connectivity index (χ3v) is 4.16. The average Bonchev–Trinajstić information content (AvgIpc) is 2.47. The van der Waals surface area contributed by atoms with E-state index < -0.39 is 0 Å². The molecule has 0 aliphatic carbocycles. The van der Waals surface area contributed by atoms with E-state index in [9.17, 15) is 0 Å². The van der Waals surface area contributed by atoms with Crippen LogP contribution in [0, 0.1) is 6.92 Å². The van der Waals surface area contributed by atoms with Crippen LogP contribution in [-0.4, -0.2) is 5.17 Å². The molecule has 1 aliphatic rings. The van der Waals surface area contributed by atoms with Crippen molar-refractivity contribution in [1.82, 2.24) is 5.43 Å². The Bertz CT molecular complexity index is 690. The van der Waals surface area contributed by atoms with Gasteiger partial charge in [0, 0.05) is 15.7 Å². The molecule has 0 spiro atoms. The second-order valence-corrected chi connectivity index (χ2v) is 6.09. The number of nitrogens with zero attached hydrogens (tertiary/aromatic N) is 1. The summed E-state index contributed by atoms with van der Waals surface area (Å²) in [5, 5.41) is 0.372. The van der Waals surface area contributed by atoms with Crippen LogP contribution < -0.4 is 20.9 Å². The van der Waals surface area contributed by atoms with Gasteiger partial charge in [-0.15, -0.1) is 0 Å². The molecule has 2 aromatic rings. The number of hydrogen-bond acceptors (Lipinski definition) is 4. The first kappa shape index (κ1) is 14.5. The number of hydrazine groups is 1. The minimum atomic E-state index is -0.276. The molecular weight excluding hydrogens is 350 g/mol. The van der Waals surface area contributed by atoms with Crippen LogP contribution in [0.3, 0.4) is 0 Å². The SMILES string of the molecule is Cc1ccc(N2C(=S)Oc3ccc(Br)cc3C2NN)cc1. The zero-order chi connectivity index (χ0) is 15.0. The number of benzene rings is 2. The lowest BCUT2D eigenvalue weighted by atomic mass is 10.1. The number of ether oxygens (including phenoxy) is 1. The Labute approximate surface area is 137 Å². The smallest absolute Gasteiger partial charge is 0.271 e. The average molecular weight is 364 g/mol. The largest absolute Gasteiger partial charge is 0.431 e. The minimum Gasteiger partial charge on any atom is -0.431 e. The van der Waals surface area contributed by atoms with Crippen molar-refractivity contribution in [3.8, 4) is 5.75 Å². The molecule has 3 N–H and O–H groups in total. The number of fused-ring (bicyclic) bond motifs is 1. The molecule has 0 saturated carbocycles. The highest BCUT2D eigenvalue weighted by Crippen LogP contribution is 2.37. The number of nitrogens with two attached hydrogens (primary N) is 1. The molecule has 0 fully saturated rings. The monoisotopic (exact) mass is 363 g/mol. The van der Waals surface area contributed by atoms with Gasteiger partial charge in [0.2, 0.25) is 0 Å². The molecule has 0 bridgehead atoms. The number of rotatable bonds is 2. The fourth-order valence-electron chi connectivity index (χ4n) is 2.34. The molecule has 0 aromatic heterocycles. The Balaban J connectivity index is 2.08. The Morgan fingerprint density at radius 2 is 1.95 bits per heavy atom. The van der Waals surface area contributed by atoms with Crippen molar-refractivity contribution in [3.05, 3.63) is 58.1 Å². The molecule has 1 atom stereocenters. The van der Waals surface area contributed by atoms with Gasteiger partial charge >= 0.3 is 0 Å². The maximum atomic E-state index is 5.77. The lowest BCUT2D eigenvalue weighted by Crippen LogP contribution is -2.49. The van der Waals surface area contributed by atoms with E-state index >= 15 is 0 Å². The fourth-order valence-corrected chi connectivity index (χ4v) is 3.02. The predicted octanol–water partition coefficient (Wildman–Crippen LogP) is 3.40. The topological polar surface area (TPSA) is 50.5 Å². The second-order valence-electron chi connectivity index (χ2n) is 4.82. The number of hydrogen-bond donors (Lipinski definition) is 2. The van der Waals surface area contributed by atoms with E-state index in [1.807, 2.05) is 54.3 Å². The van der Waals surface area contributed by atoms with Gasteiger partial charge in [0.1, 0.15) is 11.9 Å². The number of nitrogens with one attached hydrogen (secondary N) is 1. The highest BCUT2D eigenvalue weighted by molar-refractivity contribution is 9.10. The molecule has 3 rings (SSSR count). The summed E-state index contributed by atoms with van der Waals surface area (Å²) in [6, 6.07) is 13.8. The lowest BCUT2D eigenvalue weighted by molar-refractivity contribution is 0.448. The van der Waals surface area contributed by atoms with E-state index in [0.29, 0.717) is 5.17 Å². The van der Waals surface area contributed by atoms with Crippen molar-refractivity contribution >= 4 is 39.0 Å². The van der Waals surface area contributed by atoms with Gasteiger partial charge in [-0.05, 0) is 49.5 Å². The first-order chi connectivity index (χ1) is 10.1. The summed E-state index contributed by atoms with van der Waals surface area (Å²) in [6.45, 7) is 2.04. The van der Waals surface area contributed by atoms with Gasteiger partial charge in [0.15, 0.2) is 0 Å². The Hall–Kier alpha value is -1.47. The zero-order valence-electron chi connectivity index (χ0n) is 11.3. The summed E-state index contributed by atoms with van der Waals surface area (Å²) in [6.07, 6.45) is -0.276. The Morgan fingerprint density at radius 1 is 1.24 bits per heavy atom. The molecule has 21 heavy (non-hydrogen) atoms. The lowest BCUT2D eigenvalue weighted by Gasteiger charge is -2.37. The second kappa shape index (κ2) is 5.73. The Kier molecular flexibility index (Phi) is 3.95. The van der Waals surface area contributed by atoms with E-state index in [2.05, 4.69) is 21.4 Å². The van der Waals surface area contributed by atoms with Crippen LogP contribution >= 0.6 is 28.1 Å². The third-order valence-electron chi connectivity index (χ3n) is 3.39. The molecule has 1 unspecified atom stereocenters. The summed E-state index contributed by atoms with van der Waals surface area (Å²) in [7, 11) is 0. The van der Waals surface area contributed by atoms with Crippen LogP contribution in [0.1, 0.15) is 17.3 Å². The zero-order valence-corrected chi connectivity index (χ0v) is 13.7. The van der Waals surface area contributed by atoms with Gasteiger partial charge in [-0.25, -0.2) is 5.43 Å². The van der Waals surface area contributed by atoms with Crippen molar-refractivity contribution in [2.24, 2.45) is 5.84 Å². The van der Waals surface area contributed by atoms with Crippen molar-refractivity contribution in [1.29, 1.82) is 0 Å². The third kappa shape index (κ3) is 2.67. The molecule has 4 nitrogen and oxygen atoms in total. The molecule has 1 heterocycles. The first-order valence-corrected chi connectivity index (χ1v) is 7.63. The van der Waals surface area contributed by atoms with E-state index in [0.717, 1.165) is 21.5 Å². The summed E-state index contributed by atoms with van der Waals surface area (Å²) in [5.41, 5.74) is 5.86. The number of halogens is 1. The van der Waals surface area contributed by atoms with Crippen LogP contribution in [0.15, 0.2) is 46.9 Å². The van der Waals surface area contributed by atoms with Crippen molar-refractivity contribution < 1.29 is 4.74 Å². The van der Waals surface area contributed by atoms with Gasteiger partial charge in [-0.2, -0.15) is 0 Å². The van der Waals surface area contributed by atoms with Crippen LogP contribution in [0.2, 0.25) is 0 Å². The van der Waals surface area contributed by atoms with Gasteiger partial charge in [-0.1, -0.05) is 33.6 Å². The molecule has 0 saturated heterocycles. The van der Waals surface area contributed by atoms with E-state index in [-0.39, 0.29) is 6.17 Å². The summed E-state index contributed by atoms with van der Waals surface area (Å²) >= 11 is 8.86. The maximum absolute atomic E-state index is 5.77. The first-order valence-electron chi connectivity index (χ1n) is 6.43. The fraction of sp³-hybridized carbons (Fsp3) is 0.133. The molecule has 2 aromatic carbocycles. The molecule has 1 aliphatic heterocycles. The quantitative estimate of drug-likeness (QED) is 0.486. The van der Waals surface area contributed by atoms with Gasteiger partial charge in [0.05, 0.1) is 0 Å². The molecular formula is C15H14BrN3OS.